The number of hydrogen-bond acceptors (Lipinski definition) is 5. The Bertz CT molecular complexity index is 858. The van der Waals surface area contributed by atoms with Gasteiger partial charge in [0.25, 0.3) is 0 Å². The van der Waals surface area contributed by atoms with Crippen LogP contribution >= 0.6 is 0 Å². The van der Waals surface area contributed by atoms with E-state index in [9.17, 15) is 18.0 Å². The third kappa shape index (κ3) is 5.84. The second kappa shape index (κ2) is 10.6. The number of amides is 2. The quantitative estimate of drug-likeness (QED) is 0.625. The van der Waals surface area contributed by atoms with E-state index in [1.807, 2.05) is 6.92 Å². The highest BCUT2D eigenvalue weighted by atomic mass is 32.2. The van der Waals surface area contributed by atoms with E-state index >= 15 is 0 Å². The number of sulfonamides is 1. The maximum Gasteiger partial charge on any atom is 0.245 e. The third-order valence-corrected chi connectivity index (χ3v) is 7.94. The molecule has 2 aliphatic rings. The van der Waals surface area contributed by atoms with Crippen molar-refractivity contribution in [2.45, 2.75) is 62.3 Å². The zero-order valence-corrected chi connectivity index (χ0v) is 19.0. The molecule has 172 valence electrons. The molecule has 1 aromatic rings. The molecule has 1 aromatic carbocycles. The molecule has 0 atom stereocenters. The van der Waals surface area contributed by atoms with Crippen LogP contribution in [0.1, 0.15) is 51.0 Å². The molecule has 2 amide bonds. The topological polar surface area (TPSA) is 105 Å². The molecule has 0 bridgehead atoms. The number of aryl methyl sites for hydroxylation is 1. The van der Waals surface area contributed by atoms with Gasteiger partial charge < -0.3 is 15.4 Å². The molecule has 1 aliphatic carbocycles. The minimum atomic E-state index is -3.52. The van der Waals surface area contributed by atoms with Crippen molar-refractivity contribution in [1.29, 1.82) is 0 Å². The fourth-order valence-corrected chi connectivity index (χ4v) is 5.65. The van der Waals surface area contributed by atoms with E-state index in [1.165, 1.54) is 4.31 Å². The Labute approximate surface area is 184 Å². The fraction of sp³-hybridized carbons (Fsp3) is 0.636. The Morgan fingerprint density at radius 3 is 2.32 bits per heavy atom. The van der Waals surface area contributed by atoms with Gasteiger partial charge in [0, 0.05) is 26.1 Å². The minimum absolute atomic E-state index is 0.0966. The monoisotopic (exact) mass is 451 g/mol. The molecule has 3 rings (SSSR count). The second-order valence-corrected chi connectivity index (χ2v) is 10.1. The number of likely N-dealkylation sites (N-methyl/N-ethyl adjacent to an activating group) is 1. The van der Waals surface area contributed by atoms with Gasteiger partial charge in [0.1, 0.15) is 5.54 Å². The Morgan fingerprint density at radius 2 is 1.71 bits per heavy atom. The molecule has 1 saturated carbocycles. The lowest BCUT2D eigenvalue weighted by atomic mass is 9.80. The molecule has 0 radical (unpaired) electrons. The maximum atomic E-state index is 12.7. The van der Waals surface area contributed by atoms with Gasteiger partial charge in [-0.2, -0.15) is 4.31 Å². The van der Waals surface area contributed by atoms with Crippen molar-refractivity contribution >= 4 is 21.8 Å². The standard InChI is InChI=1S/C22H33N3O5S/c1-2-23-21(27)22(12-4-3-5-13-22)24-20(26)11-8-18-6-9-19(10-7-18)31(28,29)25-14-16-30-17-15-25/h6-7,9-10H,2-5,8,11-17H2,1H3,(H,23,27)(H,24,26). The van der Waals surface area contributed by atoms with E-state index in [0.717, 1.165) is 24.8 Å². The molecule has 2 N–H and O–H groups in total. The van der Waals surface area contributed by atoms with E-state index in [-0.39, 0.29) is 23.1 Å². The molecule has 1 saturated heterocycles. The van der Waals surface area contributed by atoms with Crippen molar-refractivity contribution in [2.24, 2.45) is 0 Å². The first kappa shape index (κ1) is 23.7. The molecule has 31 heavy (non-hydrogen) atoms. The number of ether oxygens (including phenoxy) is 1. The average Bonchev–Trinajstić information content (AvgIpc) is 2.79. The number of carbonyl (C=O) groups excluding carboxylic acids is 2. The summed E-state index contributed by atoms with van der Waals surface area (Å²) in [6.45, 7) is 3.94. The van der Waals surface area contributed by atoms with Gasteiger partial charge in [-0.15, -0.1) is 0 Å². The molecule has 9 heteroatoms. The van der Waals surface area contributed by atoms with E-state index in [2.05, 4.69) is 10.6 Å². The Kier molecular flexibility index (Phi) is 8.07. The van der Waals surface area contributed by atoms with E-state index in [1.54, 1.807) is 24.3 Å². The van der Waals surface area contributed by atoms with Gasteiger partial charge >= 0.3 is 0 Å². The molecule has 8 nitrogen and oxygen atoms in total. The lowest BCUT2D eigenvalue weighted by molar-refractivity contribution is -0.135. The first-order valence-electron chi connectivity index (χ1n) is 11.1. The first-order valence-corrected chi connectivity index (χ1v) is 12.6. The summed E-state index contributed by atoms with van der Waals surface area (Å²) in [5, 5.41) is 5.86. The van der Waals surface area contributed by atoms with Crippen molar-refractivity contribution < 1.29 is 22.7 Å². The summed E-state index contributed by atoms with van der Waals surface area (Å²) >= 11 is 0. The van der Waals surface area contributed by atoms with Crippen LogP contribution < -0.4 is 10.6 Å². The van der Waals surface area contributed by atoms with Crippen molar-refractivity contribution in [1.82, 2.24) is 14.9 Å². The van der Waals surface area contributed by atoms with Crippen LogP contribution in [0.4, 0.5) is 0 Å². The molecule has 0 aromatic heterocycles. The predicted molar refractivity (Wildman–Crippen MR) is 117 cm³/mol. The van der Waals surface area contributed by atoms with Crippen LogP contribution in [-0.4, -0.2) is 62.9 Å². The van der Waals surface area contributed by atoms with E-state index < -0.39 is 15.6 Å². The lowest BCUT2D eigenvalue weighted by Gasteiger charge is -2.36. The highest BCUT2D eigenvalue weighted by Gasteiger charge is 2.40. The van der Waals surface area contributed by atoms with Gasteiger partial charge in [0.05, 0.1) is 18.1 Å². The molecular formula is C22H33N3O5S. The summed E-state index contributed by atoms with van der Waals surface area (Å²) in [6.07, 6.45) is 4.99. The Morgan fingerprint density at radius 1 is 1.06 bits per heavy atom. The lowest BCUT2D eigenvalue weighted by Crippen LogP contribution is -2.59. The SMILES string of the molecule is CCNC(=O)C1(NC(=O)CCc2ccc(S(=O)(=O)N3CCOCC3)cc2)CCCCC1. The molecule has 1 heterocycles. The molecular weight excluding hydrogens is 418 g/mol. The second-order valence-electron chi connectivity index (χ2n) is 8.21. The molecule has 2 fully saturated rings. The summed E-state index contributed by atoms with van der Waals surface area (Å²) in [5.74, 6) is -0.251. The number of hydrogen-bond donors (Lipinski definition) is 2. The van der Waals surface area contributed by atoms with Crippen molar-refractivity contribution in [3.05, 3.63) is 29.8 Å². The number of morpholine rings is 1. The van der Waals surface area contributed by atoms with Crippen LogP contribution in [0.2, 0.25) is 0 Å². The zero-order valence-electron chi connectivity index (χ0n) is 18.2. The predicted octanol–water partition coefficient (Wildman–Crippen LogP) is 1.60. The van der Waals surface area contributed by atoms with Crippen LogP contribution in [0, 0.1) is 0 Å². The van der Waals surface area contributed by atoms with Gasteiger partial charge in [-0.05, 0) is 43.9 Å². The smallest absolute Gasteiger partial charge is 0.245 e. The number of rotatable bonds is 8. The summed E-state index contributed by atoms with van der Waals surface area (Å²) in [4.78, 5) is 25.5. The van der Waals surface area contributed by atoms with Crippen molar-refractivity contribution in [3.8, 4) is 0 Å². The van der Waals surface area contributed by atoms with Crippen LogP contribution in [0.3, 0.4) is 0 Å². The summed E-state index contributed by atoms with van der Waals surface area (Å²) in [6, 6.07) is 6.69. The first-order chi connectivity index (χ1) is 14.9. The van der Waals surface area contributed by atoms with Gasteiger partial charge in [0.2, 0.25) is 21.8 Å². The van der Waals surface area contributed by atoms with Gasteiger partial charge in [-0.3, -0.25) is 9.59 Å². The van der Waals surface area contributed by atoms with Crippen LogP contribution in [-0.2, 0) is 30.8 Å². The van der Waals surface area contributed by atoms with Gasteiger partial charge in [-0.25, -0.2) is 8.42 Å². The molecule has 0 spiro atoms. The highest BCUT2D eigenvalue weighted by molar-refractivity contribution is 7.89. The fourth-order valence-electron chi connectivity index (χ4n) is 4.25. The summed E-state index contributed by atoms with van der Waals surface area (Å²) in [5.41, 5.74) is 0.0771. The van der Waals surface area contributed by atoms with Crippen LogP contribution in [0.5, 0.6) is 0 Å². The highest BCUT2D eigenvalue weighted by Crippen LogP contribution is 2.29. The molecule has 0 unspecified atom stereocenters. The summed E-state index contributed by atoms with van der Waals surface area (Å²) in [7, 11) is -3.52. The average molecular weight is 452 g/mol. The molecule has 1 aliphatic heterocycles. The van der Waals surface area contributed by atoms with Crippen molar-refractivity contribution in [3.63, 3.8) is 0 Å². The normalized spacial score (nSPS) is 19.5. The summed E-state index contributed by atoms with van der Waals surface area (Å²) < 4.78 is 32.1. The number of carbonyl (C=O) groups is 2. The van der Waals surface area contributed by atoms with Crippen molar-refractivity contribution in [2.75, 3.05) is 32.8 Å². The largest absolute Gasteiger partial charge is 0.379 e. The zero-order chi connectivity index (χ0) is 22.3. The van der Waals surface area contributed by atoms with Gasteiger partial charge in [-0.1, -0.05) is 31.4 Å². The number of nitrogens with one attached hydrogen (secondary N) is 2. The minimum Gasteiger partial charge on any atom is -0.379 e. The van der Waals surface area contributed by atoms with E-state index in [4.69, 9.17) is 4.74 Å². The van der Waals surface area contributed by atoms with Crippen LogP contribution in [0.15, 0.2) is 29.2 Å². The Hall–Kier alpha value is -1.97. The Balaban J connectivity index is 1.58. The van der Waals surface area contributed by atoms with Crippen LogP contribution in [0.25, 0.3) is 0 Å². The number of benzene rings is 1. The van der Waals surface area contributed by atoms with E-state index in [0.29, 0.717) is 52.1 Å². The maximum absolute atomic E-state index is 12.7. The third-order valence-electron chi connectivity index (χ3n) is 6.03. The number of nitrogens with zero attached hydrogens (tertiary/aromatic N) is 1. The van der Waals surface area contributed by atoms with Gasteiger partial charge in [0.15, 0.2) is 0 Å².